The largest absolute Gasteiger partial charge is 0.462 e. The molecule has 2 aromatic rings. The lowest BCUT2D eigenvalue weighted by molar-refractivity contribution is 0.0526. The van der Waals surface area contributed by atoms with Crippen LogP contribution in [-0.2, 0) is 9.47 Å². The number of aryl methyl sites for hydroxylation is 1. The van der Waals surface area contributed by atoms with Gasteiger partial charge in [0, 0.05) is 17.0 Å². The number of benzene rings is 1. The van der Waals surface area contributed by atoms with Crippen LogP contribution in [0.4, 0.5) is 13.2 Å². The number of hydrogen-bond acceptors (Lipinski definition) is 3. The van der Waals surface area contributed by atoms with Gasteiger partial charge in [-0.05, 0) is 62.4 Å². The first kappa shape index (κ1) is 25.3. The van der Waals surface area contributed by atoms with E-state index in [0.29, 0.717) is 22.5 Å². The van der Waals surface area contributed by atoms with Crippen LogP contribution < -0.4 is 0 Å². The first-order valence-corrected chi connectivity index (χ1v) is 11.6. The first-order chi connectivity index (χ1) is 17.4. The van der Waals surface area contributed by atoms with E-state index in [1.165, 1.54) is 30.4 Å². The Kier molecular flexibility index (Phi) is 7.90. The summed E-state index contributed by atoms with van der Waals surface area (Å²) in [6.45, 7) is 3.74. The third kappa shape index (κ3) is 5.52. The first-order valence-electron chi connectivity index (χ1n) is 11.6. The van der Waals surface area contributed by atoms with E-state index < -0.39 is 35.5 Å². The van der Waals surface area contributed by atoms with E-state index in [0.717, 1.165) is 11.8 Å². The molecule has 0 spiro atoms. The van der Waals surface area contributed by atoms with E-state index in [2.05, 4.69) is 0 Å². The third-order valence-corrected chi connectivity index (χ3v) is 5.83. The second kappa shape index (κ2) is 11.3. The van der Waals surface area contributed by atoms with Crippen LogP contribution in [0.25, 0.3) is 11.3 Å². The summed E-state index contributed by atoms with van der Waals surface area (Å²) in [6.07, 6.45) is 10.7. The van der Waals surface area contributed by atoms with E-state index >= 15 is 0 Å². The van der Waals surface area contributed by atoms with Gasteiger partial charge in [0.2, 0.25) is 0 Å². The Hall–Kier alpha value is -3.84. The van der Waals surface area contributed by atoms with Crippen molar-refractivity contribution in [1.29, 1.82) is 0 Å². The Morgan fingerprint density at radius 1 is 1.06 bits per heavy atom. The molecule has 1 aromatic heterocycles. The minimum Gasteiger partial charge on any atom is -0.462 e. The highest BCUT2D eigenvalue weighted by Gasteiger charge is 2.24. The summed E-state index contributed by atoms with van der Waals surface area (Å²) in [6, 6.07) is 10.7. The molecule has 36 heavy (non-hydrogen) atoms. The average molecular weight is 494 g/mol. The van der Waals surface area contributed by atoms with Gasteiger partial charge in [-0.3, -0.25) is 0 Å². The van der Waals surface area contributed by atoms with Crippen molar-refractivity contribution >= 4 is 11.5 Å². The zero-order chi connectivity index (χ0) is 25.7. The van der Waals surface area contributed by atoms with Gasteiger partial charge in [-0.2, -0.15) is 0 Å². The molecule has 1 aromatic carbocycles. The van der Waals surface area contributed by atoms with Crippen molar-refractivity contribution in [2.75, 3.05) is 13.2 Å². The summed E-state index contributed by atoms with van der Waals surface area (Å²) in [5.74, 6) is -3.69. The number of carbonyl (C=O) groups is 1. The third-order valence-electron chi connectivity index (χ3n) is 5.83. The topological polar surface area (TPSA) is 40.5 Å². The van der Waals surface area contributed by atoms with Crippen molar-refractivity contribution in [2.24, 2.45) is 5.92 Å². The van der Waals surface area contributed by atoms with Crippen molar-refractivity contribution in [3.05, 3.63) is 119 Å². The second-order valence-electron chi connectivity index (χ2n) is 8.30. The quantitative estimate of drug-likeness (QED) is 0.388. The molecule has 0 saturated heterocycles. The molecule has 2 aliphatic carbocycles. The lowest BCUT2D eigenvalue weighted by Gasteiger charge is -2.22. The lowest BCUT2D eigenvalue weighted by Crippen LogP contribution is -2.19. The van der Waals surface area contributed by atoms with Crippen molar-refractivity contribution in [3.8, 4) is 5.69 Å². The standard InChI is InChI=1S/C29H26F3NO3/c1-3-35-29(34)20-9-6-11-23(16-20)33-19(2)14-15-26(33)24-17-22(30)10-7-13-27(24)36-18-21-8-4-5-12-25(31)28(21)32/h4-17,21,27H,3,18H2,1-2H3. The maximum Gasteiger partial charge on any atom is 0.338 e. The van der Waals surface area contributed by atoms with Crippen molar-refractivity contribution in [1.82, 2.24) is 4.57 Å². The Morgan fingerprint density at radius 3 is 2.69 bits per heavy atom. The summed E-state index contributed by atoms with van der Waals surface area (Å²) in [5.41, 5.74) is 3.04. The molecule has 186 valence electrons. The van der Waals surface area contributed by atoms with Crippen LogP contribution in [0, 0.1) is 12.8 Å². The van der Waals surface area contributed by atoms with Crippen LogP contribution in [0.3, 0.4) is 0 Å². The minimum atomic E-state index is -0.945. The molecule has 4 nitrogen and oxygen atoms in total. The molecule has 1 heterocycles. The predicted molar refractivity (Wildman–Crippen MR) is 134 cm³/mol. The molecular weight excluding hydrogens is 467 g/mol. The summed E-state index contributed by atoms with van der Waals surface area (Å²) in [4.78, 5) is 12.3. The van der Waals surface area contributed by atoms with Gasteiger partial charge >= 0.3 is 5.97 Å². The van der Waals surface area contributed by atoms with Gasteiger partial charge in [-0.25, -0.2) is 18.0 Å². The molecule has 2 atom stereocenters. The maximum atomic E-state index is 14.6. The van der Waals surface area contributed by atoms with Crippen LogP contribution in [0.5, 0.6) is 0 Å². The van der Waals surface area contributed by atoms with E-state index in [-0.39, 0.29) is 13.2 Å². The number of esters is 1. The SMILES string of the molecule is CCOC(=O)c1cccc(-n2c(C)ccc2C2=CC(F)=CC=CC2OCC2C=CC=CC(F)=C2F)c1. The molecular formula is C29H26F3NO3. The van der Waals surface area contributed by atoms with E-state index in [4.69, 9.17) is 9.47 Å². The average Bonchev–Trinajstić information content (AvgIpc) is 3.05. The molecule has 0 fully saturated rings. The van der Waals surface area contributed by atoms with Gasteiger partial charge in [0.05, 0.1) is 30.4 Å². The summed E-state index contributed by atoms with van der Waals surface area (Å²) >= 11 is 0. The van der Waals surface area contributed by atoms with Gasteiger partial charge in [-0.15, -0.1) is 0 Å². The second-order valence-corrected chi connectivity index (χ2v) is 8.30. The number of aromatic nitrogens is 1. The molecule has 4 rings (SSSR count). The molecule has 2 unspecified atom stereocenters. The van der Waals surface area contributed by atoms with Crippen LogP contribution >= 0.6 is 0 Å². The van der Waals surface area contributed by atoms with Gasteiger partial charge in [0.25, 0.3) is 0 Å². The van der Waals surface area contributed by atoms with Gasteiger partial charge < -0.3 is 14.0 Å². The zero-order valence-electron chi connectivity index (χ0n) is 20.0. The normalized spacial score (nSPS) is 19.6. The van der Waals surface area contributed by atoms with Crippen LogP contribution in [0.2, 0.25) is 0 Å². The van der Waals surface area contributed by atoms with Crippen LogP contribution in [-0.4, -0.2) is 29.9 Å². The summed E-state index contributed by atoms with van der Waals surface area (Å²) < 4.78 is 55.9. The Labute approximate surface area is 208 Å². The number of rotatable bonds is 7. The Morgan fingerprint density at radius 2 is 1.89 bits per heavy atom. The highest BCUT2D eigenvalue weighted by atomic mass is 19.2. The van der Waals surface area contributed by atoms with Crippen molar-refractivity contribution in [2.45, 2.75) is 20.0 Å². The number of halogens is 3. The van der Waals surface area contributed by atoms with Crippen molar-refractivity contribution in [3.63, 3.8) is 0 Å². The van der Waals surface area contributed by atoms with Gasteiger partial charge in [0.15, 0.2) is 5.83 Å². The highest BCUT2D eigenvalue weighted by Crippen LogP contribution is 2.32. The molecule has 7 heteroatoms. The zero-order valence-corrected chi connectivity index (χ0v) is 20.0. The van der Waals surface area contributed by atoms with Gasteiger partial charge in [0.1, 0.15) is 17.8 Å². The smallest absolute Gasteiger partial charge is 0.338 e. The number of hydrogen-bond donors (Lipinski definition) is 0. The molecule has 0 bridgehead atoms. The minimum absolute atomic E-state index is 0.149. The fourth-order valence-electron chi connectivity index (χ4n) is 4.10. The molecule has 0 aliphatic heterocycles. The fraction of sp³-hybridized carbons (Fsp3) is 0.207. The summed E-state index contributed by atoms with van der Waals surface area (Å²) in [5, 5.41) is 0. The van der Waals surface area contributed by atoms with Gasteiger partial charge in [-0.1, -0.05) is 36.4 Å². The lowest BCUT2D eigenvalue weighted by atomic mass is 10.0. The highest BCUT2D eigenvalue weighted by molar-refractivity contribution is 5.90. The number of ether oxygens (including phenoxy) is 2. The molecule has 0 radical (unpaired) electrons. The molecule has 2 aliphatic rings. The number of nitrogens with zero attached hydrogens (tertiary/aromatic N) is 1. The molecule has 0 saturated carbocycles. The Balaban J connectivity index is 1.69. The van der Waals surface area contributed by atoms with Crippen LogP contribution in [0.1, 0.15) is 28.7 Å². The van der Waals surface area contributed by atoms with E-state index in [9.17, 15) is 18.0 Å². The molecule has 0 N–H and O–H groups in total. The number of allylic oxidation sites excluding steroid dienone is 8. The maximum absolute atomic E-state index is 14.6. The Bertz CT molecular complexity index is 1330. The molecule has 0 amide bonds. The predicted octanol–water partition coefficient (Wildman–Crippen LogP) is 7.05. The monoisotopic (exact) mass is 493 g/mol. The number of carbonyl (C=O) groups excluding carboxylic acids is 1. The van der Waals surface area contributed by atoms with Crippen molar-refractivity contribution < 1.29 is 27.4 Å². The van der Waals surface area contributed by atoms with E-state index in [1.807, 2.05) is 29.7 Å². The van der Waals surface area contributed by atoms with E-state index in [1.54, 1.807) is 37.3 Å². The summed E-state index contributed by atoms with van der Waals surface area (Å²) in [7, 11) is 0. The van der Waals surface area contributed by atoms with Crippen LogP contribution in [0.15, 0.2) is 102 Å². The fourth-order valence-corrected chi connectivity index (χ4v) is 4.10.